The maximum atomic E-state index is 5.86. The van der Waals surface area contributed by atoms with Gasteiger partial charge in [-0.15, -0.1) is 0 Å². The van der Waals surface area contributed by atoms with Crippen LogP contribution in [0.25, 0.3) is 0 Å². The van der Waals surface area contributed by atoms with Crippen LogP contribution in [0, 0.1) is 3.57 Å². The SMILES string of the molecule is Nc1cncc(Br)c1Nc1ccccc1I. The highest BCUT2D eigenvalue weighted by Crippen LogP contribution is 2.31. The Balaban J connectivity index is 2.38. The zero-order valence-electron chi connectivity index (χ0n) is 8.24. The zero-order valence-corrected chi connectivity index (χ0v) is 12.0. The maximum Gasteiger partial charge on any atom is 0.0794 e. The van der Waals surface area contributed by atoms with E-state index in [1.54, 1.807) is 12.4 Å². The Bertz CT molecular complexity index is 496. The molecule has 0 fully saturated rings. The van der Waals surface area contributed by atoms with Gasteiger partial charge in [0.05, 0.1) is 27.7 Å². The average Bonchev–Trinajstić information content (AvgIpc) is 2.26. The number of para-hydroxylation sites is 1. The molecule has 3 N–H and O–H groups in total. The summed E-state index contributed by atoms with van der Waals surface area (Å²) in [6.07, 6.45) is 3.34. The lowest BCUT2D eigenvalue weighted by Gasteiger charge is -2.11. The first-order chi connectivity index (χ1) is 7.68. The smallest absolute Gasteiger partial charge is 0.0794 e. The minimum atomic E-state index is 0.619. The number of hydrogen-bond acceptors (Lipinski definition) is 3. The molecule has 0 aliphatic heterocycles. The van der Waals surface area contributed by atoms with Crippen LogP contribution in [0.15, 0.2) is 41.1 Å². The van der Waals surface area contributed by atoms with Gasteiger partial charge in [0.25, 0.3) is 0 Å². The van der Waals surface area contributed by atoms with Gasteiger partial charge in [0.1, 0.15) is 0 Å². The van der Waals surface area contributed by atoms with Gasteiger partial charge < -0.3 is 11.1 Å². The molecule has 2 rings (SSSR count). The molecule has 5 heteroatoms. The van der Waals surface area contributed by atoms with Crippen molar-refractivity contribution in [1.29, 1.82) is 0 Å². The minimum Gasteiger partial charge on any atom is -0.396 e. The molecule has 3 nitrogen and oxygen atoms in total. The van der Waals surface area contributed by atoms with E-state index in [2.05, 4.69) is 48.8 Å². The van der Waals surface area contributed by atoms with E-state index in [1.807, 2.05) is 24.3 Å². The largest absolute Gasteiger partial charge is 0.396 e. The van der Waals surface area contributed by atoms with Gasteiger partial charge in [-0.3, -0.25) is 4.98 Å². The third kappa shape index (κ3) is 2.46. The maximum absolute atomic E-state index is 5.86. The molecular weight excluding hydrogens is 381 g/mol. The van der Waals surface area contributed by atoms with Gasteiger partial charge in [-0.1, -0.05) is 12.1 Å². The van der Waals surface area contributed by atoms with E-state index in [9.17, 15) is 0 Å². The molecular formula is C11H9BrIN3. The van der Waals surface area contributed by atoms with Crippen molar-refractivity contribution in [3.63, 3.8) is 0 Å². The number of anilines is 3. The second-order valence-electron chi connectivity index (χ2n) is 3.19. The number of nitrogens with zero attached hydrogens (tertiary/aromatic N) is 1. The Morgan fingerprint density at radius 2 is 2.00 bits per heavy atom. The Morgan fingerprint density at radius 3 is 2.69 bits per heavy atom. The molecule has 0 amide bonds. The van der Waals surface area contributed by atoms with Crippen LogP contribution in [-0.4, -0.2) is 4.98 Å². The van der Waals surface area contributed by atoms with Crippen molar-refractivity contribution in [2.75, 3.05) is 11.1 Å². The molecule has 0 unspecified atom stereocenters. The summed E-state index contributed by atoms with van der Waals surface area (Å²) in [4.78, 5) is 3.99. The van der Waals surface area contributed by atoms with Gasteiger partial charge in [0.2, 0.25) is 0 Å². The number of nitrogens with one attached hydrogen (secondary N) is 1. The second kappa shape index (κ2) is 5.01. The lowest BCUT2D eigenvalue weighted by atomic mass is 10.3. The number of hydrogen-bond donors (Lipinski definition) is 2. The molecule has 1 heterocycles. The summed E-state index contributed by atoms with van der Waals surface area (Å²) >= 11 is 5.70. The molecule has 0 saturated heterocycles. The highest BCUT2D eigenvalue weighted by Gasteiger charge is 2.06. The first-order valence-electron chi connectivity index (χ1n) is 4.59. The number of pyridine rings is 1. The highest BCUT2D eigenvalue weighted by atomic mass is 127. The van der Waals surface area contributed by atoms with Crippen LogP contribution in [0.3, 0.4) is 0 Å². The summed E-state index contributed by atoms with van der Waals surface area (Å²) in [5.74, 6) is 0. The first-order valence-corrected chi connectivity index (χ1v) is 6.46. The zero-order chi connectivity index (χ0) is 11.5. The van der Waals surface area contributed by atoms with Crippen molar-refractivity contribution < 1.29 is 0 Å². The van der Waals surface area contributed by atoms with E-state index in [1.165, 1.54) is 0 Å². The van der Waals surface area contributed by atoms with Crippen LogP contribution in [-0.2, 0) is 0 Å². The molecule has 0 aliphatic carbocycles. The molecule has 2 aromatic rings. The fourth-order valence-electron chi connectivity index (χ4n) is 1.28. The monoisotopic (exact) mass is 389 g/mol. The fourth-order valence-corrected chi connectivity index (χ4v) is 2.25. The highest BCUT2D eigenvalue weighted by molar-refractivity contribution is 14.1. The molecule has 0 atom stereocenters. The van der Waals surface area contributed by atoms with Crippen molar-refractivity contribution in [3.8, 4) is 0 Å². The summed E-state index contributed by atoms with van der Waals surface area (Å²) in [7, 11) is 0. The van der Waals surface area contributed by atoms with Gasteiger partial charge in [-0.2, -0.15) is 0 Å². The number of aromatic nitrogens is 1. The molecule has 16 heavy (non-hydrogen) atoms. The van der Waals surface area contributed by atoms with Gasteiger partial charge >= 0.3 is 0 Å². The van der Waals surface area contributed by atoms with Gasteiger partial charge in [0, 0.05) is 9.77 Å². The van der Waals surface area contributed by atoms with E-state index < -0.39 is 0 Å². The van der Waals surface area contributed by atoms with Crippen molar-refractivity contribution in [1.82, 2.24) is 4.98 Å². The Morgan fingerprint density at radius 1 is 1.25 bits per heavy atom. The van der Waals surface area contributed by atoms with Crippen LogP contribution >= 0.6 is 38.5 Å². The standard InChI is InChI=1S/C11H9BrIN3/c12-7-5-15-6-9(14)11(7)16-10-4-2-1-3-8(10)13/h1-6H,14H2,(H,15,16). The third-order valence-corrected chi connectivity index (χ3v) is 3.60. The lowest BCUT2D eigenvalue weighted by molar-refractivity contribution is 1.31. The molecule has 0 aliphatic rings. The Hall–Kier alpha value is -0.820. The minimum absolute atomic E-state index is 0.619. The summed E-state index contributed by atoms with van der Waals surface area (Å²) in [5.41, 5.74) is 8.36. The number of benzene rings is 1. The molecule has 82 valence electrons. The predicted octanol–water partition coefficient (Wildman–Crippen LogP) is 3.77. The Labute approximate surface area is 116 Å². The van der Waals surface area contributed by atoms with E-state index in [0.717, 1.165) is 19.4 Å². The van der Waals surface area contributed by atoms with Gasteiger partial charge in [0.15, 0.2) is 0 Å². The number of nitrogens with two attached hydrogens (primary N) is 1. The van der Waals surface area contributed by atoms with Crippen molar-refractivity contribution in [2.24, 2.45) is 0 Å². The molecule has 0 saturated carbocycles. The number of halogens is 2. The normalized spacial score (nSPS) is 10.1. The topological polar surface area (TPSA) is 50.9 Å². The summed E-state index contributed by atoms with van der Waals surface area (Å²) < 4.78 is 2.00. The van der Waals surface area contributed by atoms with E-state index in [4.69, 9.17) is 5.73 Å². The summed E-state index contributed by atoms with van der Waals surface area (Å²) in [6.45, 7) is 0. The second-order valence-corrected chi connectivity index (χ2v) is 5.21. The van der Waals surface area contributed by atoms with Crippen LogP contribution in [0.2, 0.25) is 0 Å². The number of nitrogen functional groups attached to an aromatic ring is 1. The lowest BCUT2D eigenvalue weighted by Crippen LogP contribution is -1.99. The molecule has 1 aromatic heterocycles. The fraction of sp³-hybridized carbons (Fsp3) is 0. The van der Waals surface area contributed by atoms with Crippen molar-refractivity contribution >= 4 is 55.6 Å². The third-order valence-electron chi connectivity index (χ3n) is 2.06. The van der Waals surface area contributed by atoms with Crippen molar-refractivity contribution in [3.05, 3.63) is 44.7 Å². The van der Waals surface area contributed by atoms with Crippen LogP contribution in [0.5, 0.6) is 0 Å². The summed E-state index contributed by atoms with van der Waals surface area (Å²) in [6, 6.07) is 8.02. The summed E-state index contributed by atoms with van der Waals surface area (Å²) in [5, 5.41) is 3.29. The van der Waals surface area contributed by atoms with E-state index >= 15 is 0 Å². The van der Waals surface area contributed by atoms with E-state index in [-0.39, 0.29) is 0 Å². The average molecular weight is 390 g/mol. The quantitative estimate of drug-likeness (QED) is 0.768. The van der Waals surface area contributed by atoms with Crippen LogP contribution in [0.4, 0.5) is 17.1 Å². The molecule has 0 spiro atoms. The first kappa shape index (κ1) is 11.7. The Kier molecular flexibility index (Phi) is 3.65. The van der Waals surface area contributed by atoms with Crippen LogP contribution in [0.1, 0.15) is 0 Å². The molecule has 0 radical (unpaired) electrons. The van der Waals surface area contributed by atoms with Gasteiger partial charge in [-0.25, -0.2) is 0 Å². The predicted molar refractivity (Wildman–Crippen MR) is 78.8 cm³/mol. The van der Waals surface area contributed by atoms with Crippen molar-refractivity contribution in [2.45, 2.75) is 0 Å². The number of rotatable bonds is 2. The van der Waals surface area contributed by atoms with Gasteiger partial charge in [-0.05, 0) is 50.7 Å². The van der Waals surface area contributed by atoms with E-state index in [0.29, 0.717) is 5.69 Å². The molecule has 1 aromatic carbocycles. The van der Waals surface area contributed by atoms with Crippen LogP contribution < -0.4 is 11.1 Å². The molecule has 0 bridgehead atoms.